The van der Waals surface area contributed by atoms with Gasteiger partial charge in [0.2, 0.25) is 0 Å². The molecule has 4 heteroatoms. The summed E-state index contributed by atoms with van der Waals surface area (Å²) in [6.45, 7) is 2.28. The summed E-state index contributed by atoms with van der Waals surface area (Å²) in [7, 11) is 0. The van der Waals surface area contributed by atoms with Crippen LogP contribution in [0.1, 0.15) is 130 Å². The highest BCUT2D eigenvalue weighted by molar-refractivity contribution is 5.92. The molecule has 0 aromatic heterocycles. The Morgan fingerprint density at radius 1 is 0.514 bits per heavy atom. The Morgan fingerprint density at radius 2 is 0.914 bits per heavy atom. The van der Waals surface area contributed by atoms with Gasteiger partial charge in [0, 0.05) is 0 Å². The van der Waals surface area contributed by atoms with Crippen LogP contribution >= 0.6 is 0 Å². The molecule has 0 spiro atoms. The zero-order valence-electron chi connectivity index (χ0n) is 21.6. The minimum atomic E-state index is -0.691. The Hall–Kier alpha value is -2.62. The molecule has 0 aliphatic heterocycles. The van der Waals surface area contributed by atoms with Crippen LogP contribution in [-0.2, 0) is 16.2 Å². The molecule has 0 saturated carbocycles. The molecule has 0 bridgehead atoms. The van der Waals surface area contributed by atoms with Crippen LogP contribution in [0.4, 0.5) is 0 Å². The van der Waals surface area contributed by atoms with Crippen molar-refractivity contribution in [2.45, 2.75) is 110 Å². The molecule has 0 fully saturated rings. The molecule has 2 aromatic rings. The van der Waals surface area contributed by atoms with Gasteiger partial charge in [0.25, 0.3) is 0 Å². The number of aryl methyl sites for hydroxylation is 1. The summed E-state index contributed by atoms with van der Waals surface area (Å²) in [5, 5.41) is 0. The van der Waals surface area contributed by atoms with Gasteiger partial charge in [-0.2, -0.15) is 0 Å². The summed E-state index contributed by atoms with van der Waals surface area (Å²) in [6.07, 6.45) is 21.5. The second kappa shape index (κ2) is 18.7. The summed E-state index contributed by atoms with van der Waals surface area (Å²) in [4.78, 5) is 33.3. The van der Waals surface area contributed by atoms with E-state index in [9.17, 15) is 9.59 Å². The molecule has 35 heavy (non-hydrogen) atoms. The Kier molecular flexibility index (Phi) is 15.3. The van der Waals surface area contributed by atoms with E-state index in [-0.39, 0.29) is 0 Å². The van der Waals surface area contributed by atoms with Gasteiger partial charge in [-0.25, -0.2) is 19.4 Å². The molecule has 0 saturated heterocycles. The van der Waals surface area contributed by atoms with Crippen LogP contribution < -0.4 is 0 Å². The average Bonchev–Trinajstić information content (AvgIpc) is 2.90. The van der Waals surface area contributed by atoms with Gasteiger partial charge in [-0.1, -0.05) is 127 Å². The van der Waals surface area contributed by atoms with Crippen molar-refractivity contribution in [2.24, 2.45) is 0 Å². The predicted molar refractivity (Wildman–Crippen MR) is 142 cm³/mol. The third-order valence-corrected chi connectivity index (χ3v) is 6.46. The molecule has 0 atom stereocenters. The number of rotatable bonds is 18. The van der Waals surface area contributed by atoms with Gasteiger partial charge in [0.1, 0.15) is 0 Å². The second-order valence-electron chi connectivity index (χ2n) is 9.50. The third kappa shape index (κ3) is 13.2. The maximum atomic E-state index is 12.1. The van der Waals surface area contributed by atoms with Crippen LogP contribution in [0.15, 0.2) is 54.6 Å². The van der Waals surface area contributed by atoms with Crippen molar-refractivity contribution in [3.8, 4) is 0 Å². The lowest BCUT2D eigenvalue weighted by Gasteiger charge is -2.05. The number of hydrogen-bond acceptors (Lipinski definition) is 4. The van der Waals surface area contributed by atoms with E-state index in [4.69, 9.17) is 0 Å². The Bertz CT molecular complexity index is 814. The fourth-order valence-corrected chi connectivity index (χ4v) is 4.25. The molecule has 192 valence electrons. The lowest BCUT2D eigenvalue weighted by Crippen LogP contribution is -2.11. The van der Waals surface area contributed by atoms with Crippen molar-refractivity contribution in [1.82, 2.24) is 0 Å². The summed E-state index contributed by atoms with van der Waals surface area (Å²) in [5.41, 5.74) is 1.91. The predicted octanol–water partition coefficient (Wildman–Crippen LogP) is 9.03. The quantitative estimate of drug-likeness (QED) is 0.121. The number of carbonyl (C=O) groups is 2. The van der Waals surface area contributed by atoms with Gasteiger partial charge in [0.15, 0.2) is 0 Å². The third-order valence-electron chi connectivity index (χ3n) is 6.46. The maximum absolute atomic E-state index is 12.1. The first-order valence-corrected chi connectivity index (χ1v) is 13.8. The first-order valence-electron chi connectivity index (χ1n) is 13.8. The molecule has 0 radical (unpaired) electrons. The standard InChI is InChI=1S/C31H44O4/c1-2-3-4-5-6-7-8-9-10-11-12-13-14-15-17-20-27-23-25-29(26-24-27)31(33)35-34-30(32)28-21-18-16-19-22-28/h16,18-19,21-26H,2-15,17,20H2,1H3. The summed E-state index contributed by atoms with van der Waals surface area (Å²) < 4.78 is 0. The highest BCUT2D eigenvalue weighted by Crippen LogP contribution is 2.15. The maximum Gasteiger partial charge on any atom is 0.386 e. The highest BCUT2D eigenvalue weighted by Gasteiger charge is 2.13. The van der Waals surface area contributed by atoms with E-state index in [1.165, 1.54) is 95.5 Å². The highest BCUT2D eigenvalue weighted by atomic mass is 17.2. The van der Waals surface area contributed by atoms with Gasteiger partial charge in [-0.05, 0) is 42.7 Å². The monoisotopic (exact) mass is 480 g/mol. The van der Waals surface area contributed by atoms with Gasteiger partial charge < -0.3 is 0 Å². The molecule has 2 aromatic carbocycles. The fourth-order valence-electron chi connectivity index (χ4n) is 4.25. The lowest BCUT2D eigenvalue weighted by molar-refractivity contribution is -0.187. The zero-order valence-corrected chi connectivity index (χ0v) is 21.6. The number of unbranched alkanes of at least 4 members (excludes halogenated alkanes) is 14. The molecule has 0 aliphatic rings. The summed E-state index contributed by atoms with van der Waals surface area (Å²) >= 11 is 0. The normalized spacial score (nSPS) is 10.8. The van der Waals surface area contributed by atoms with Crippen molar-refractivity contribution in [3.63, 3.8) is 0 Å². The SMILES string of the molecule is CCCCCCCCCCCCCCCCCc1ccc(C(=O)OOC(=O)c2ccccc2)cc1. The van der Waals surface area contributed by atoms with E-state index in [0.29, 0.717) is 11.1 Å². The van der Waals surface area contributed by atoms with Crippen LogP contribution in [0.5, 0.6) is 0 Å². The van der Waals surface area contributed by atoms with Crippen molar-refractivity contribution < 1.29 is 19.4 Å². The summed E-state index contributed by atoms with van der Waals surface area (Å²) in [6, 6.07) is 15.8. The fraction of sp³-hybridized carbons (Fsp3) is 0.548. The van der Waals surface area contributed by atoms with Crippen molar-refractivity contribution >= 4 is 11.9 Å². The Balaban J connectivity index is 1.45. The Labute approximate surface area is 212 Å². The first-order chi connectivity index (χ1) is 17.2. The number of benzene rings is 2. The van der Waals surface area contributed by atoms with Crippen LogP contribution in [0.3, 0.4) is 0 Å². The Morgan fingerprint density at radius 3 is 1.37 bits per heavy atom. The van der Waals surface area contributed by atoms with Crippen molar-refractivity contribution in [3.05, 3.63) is 71.3 Å². The van der Waals surface area contributed by atoms with Crippen LogP contribution in [0.2, 0.25) is 0 Å². The molecule has 0 aliphatic carbocycles. The van der Waals surface area contributed by atoms with Gasteiger partial charge in [-0.3, -0.25) is 0 Å². The largest absolute Gasteiger partial charge is 0.386 e. The molecule has 2 rings (SSSR count). The molecular weight excluding hydrogens is 436 g/mol. The van der Waals surface area contributed by atoms with E-state index < -0.39 is 11.9 Å². The van der Waals surface area contributed by atoms with E-state index in [2.05, 4.69) is 16.7 Å². The van der Waals surface area contributed by atoms with Gasteiger partial charge in [-0.15, -0.1) is 0 Å². The van der Waals surface area contributed by atoms with Crippen molar-refractivity contribution in [1.29, 1.82) is 0 Å². The average molecular weight is 481 g/mol. The van der Waals surface area contributed by atoms with Crippen LogP contribution in [0.25, 0.3) is 0 Å². The van der Waals surface area contributed by atoms with Crippen LogP contribution in [-0.4, -0.2) is 11.9 Å². The number of carbonyl (C=O) groups excluding carboxylic acids is 2. The molecular formula is C31H44O4. The molecule has 4 nitrogen and oxygen atoms in total. The van der Waals surface area contributed by atoms with Gasteiger partial charge in [0.05, 0.1) is 11.1 Å². The van der Waals surface area contributed by atoms with E-state index in [0.717, 1.165) is 12.8 Å². The second-order valence-corrected chi connectivity index (χ2v) is 9.50. The minimum Gasteiger partial charge on any atom is -0.242 e. The first kappa shape index (κ1) is 28.6. The van der Waals surface area contributed by atoms with Crippen molar-refractivity contribution in [2.75, 3.05) is 0 Å². The summed E-state index contributed by atoms with van der Waals surface area (Å²) in [5.74, 6) is -1.36. The lowest BCUT2D eigenvalue weighted by atomic mass is 10.0. The van der Waals surface area contributed by atoms with E-state index in [1.807, 2.05) is 12.1 Å². The molecule has 0 heterocycles. The topological polar surface area (TPSA) is 52.6 Å². The smallest absolute Gasteiger partial charge is 0.242 e. The number of hydrogen-bond donors (Lipinski definition) is 0. The molecule has 0 N–H and O–H groups in total. The molecule has 0 amide bonds. The minimum absolute atomic E-state index is 0.333. The van der Waals surface area contributed by atoms with E-state index >= 15 is 0 Å². The van der Waals surface area contributed by atoms with Crippen LogP contribution in [0, 0.1) is 0 Å². The van der Waals surface area contributed by atoms with Gasteiger partial charge >= 0.3 is 11.9 Å². The molecule has 0 unspecified atom stereocenters. The van der Waals surface area contributed by atoms with E-state index in [1.54, 1.807) is 42.5 Å². The zero-order chi connectivity index (χ0) is 25.0.